The van der Waals surface area contributed by atoms with Gasteiger partial charge in [0, 0.05) is 6.42 Å². The van der Waals surface area contributed by atoms with Crippen molar-refractivity contribution >= 4 is 11.9 Å². The molecule has 1 aliphatic rings. The molecular weight excluding hydrogens is 723 g/mol. The second-order valence-electron chi connectivity index (χ2n) is 16.3. The van der Waals surface area contributed by atoms with Crippen LogP contribution in [0.25, 0.3) is 0 Å². The molecule has 1 rings (SSSR count). The van der Waals surface area contributed by atoms with Crippen LogP contribution < -0.4 is 5.32 Å². The summed E-state index contributed by atoms with van der Waals surface area (Å²) in [6, 6.07) is -1.03. The van der Waals surface area contributed by atoms with Crippen molar-refractivity contribution in [3.8, 4) is 0 Å². The van der Waals surface area contributed by atoms with Gasteiger partial charge in [0.25, 0.3) is 0 Å². The van der Waals surface area contributed by atoms with Crippen LogP contribution in [0.15, 0.2) is 24.3 Å². The second kappa shape index (κ2) is 38.4. The van der Waals surface area contributed by atoms with Crippen molar-refractivity contribution in [2.75, 3.05) is 19.8 Å². The number of esters is 2. The molecule has 0 amide bonds. The predicted octanol–water partition coefficient (Wildman–Crippen LogP) is 9.69. The average molecular weight is 810 g/mol. The van der Waals surface area contributed by atoms with Gasteiger partial charge in [-0.3, -0.25) is 14.9 Å². The van der Waals surface area contributed by atoms with Crippen LogP contribution in [0.1, 0.15) is 206 Å². The summed E-state index contributed by atoms with van der Waals surface area (Å²) in [4.78, 5) is 25.8. The Labute approximate surface area is 348 Å². The Kier molecular flexibility index (Phi) is 35.8. The molecule has 0 aliphatic carbocycles. The number of rotatable bonds is 39. The fourth-order valence-corrected chi connectivity index (χ4v) is 7.20. The van der Waals surface area contributed by atoms with E-state index in [9.17, 15) is 30.0 Å². The maximum atomic E-state index is 13.2. The largest absolute Gasteiger partial charge is 0.466 e. The molecule has 0 spiro atoms. The Hall–Kier alpha value is -1.82. The van der Waals surface area contributed by atoms with Gasteiger partial charge in [-0.2, -0.15) is 0 Å². The fourth-order valence-electron chi connectivity index (χ4n) is 7.20. The third-order valence-corrected chi connectivity index (χ3v) is 11.0. The second-order valence-corrected chi connectivity index (χ2v) is 16.3. The third kappa shape index (κ3) is 29.1. The molecule has 1 heterocycles. The van der Waals surface area contributed by atoms with E-state index in [0.717, 1.165) is 57.8 Å². The van der Waals surface area contributed by atoms with Crippen molar-refractivity contribution in [2.24, 2.45) is 0 Å². The lowest BCUT2D eigenvalue weighted by atomic mass is 9.97. The molecule has 5 N–H and O–H groups in total. The Morgan fingerprint density at radius 3 is 1.40 bits per heavy atom. The number of allylic oxidation sites excluding steroid dienone is 4. The van der Waals surface area contributed by atoms with Gasteiger partial charge in [-0.05, 0) is 70.6 Å². The van der Waals surface area contributed by atoms with Crippen LogP contribution in [0.4, 0.5) is 0 Å². The minimum Gasteiger partial charge on any atom is -0.466 e. The summed E-state index contributed by atoms with van der Waals surface area (Å²) in [6.45, 7) is 4.47. The summed E-state index contributed by atoms with van der Waals surface area (Å²) in [5, 5.41) is 43.4. The van der Waals surface area contributed by atoms with Crippen molar-refractivity contribution in [2.45, 2.75) is 243 Å². The Balaban J connectivity index is 2.30. The van der Waals surface area contributed by atoms with E-state index in [1.165, 1.54) is 122 Å². The van der Waals surface area contributed by atoms with Crippen LogP contribution in [-0.2, 0) is 23.8 Å². The van der Waals surface area contributed by atoms with Crippen molar-refractivity contribution in [1.82, 2.24) is 5.32 Å². The van der Waals surface area contributed by atoms with Crippen molar-refractivity contribution in [3.63, 3.8) is 0 Å². The van der Waals surface area contributed by atoms with Gasteiger partial charge in [-0.1, -0.05) is 154 Å². The summed E-state index contributed by atoms with van der Waals surface area (Å²) in [6.07, 6.45) is 35.6. The van der Waals surface area contributed by atoms with E-state index in [2.05, 4.69) is 43.5 Å². The smallest absolute Gasteiger partial charge is 0.323 e. The summed E-state index contributed by atoms with van der Waals surface area (Å²) in [5.74, 6) is -1.02. The number of aliphatic hydroxyl groups excluding tert-OH is 4. The summed E-state index contributed by atoms with van der Waals surface area (Å²) < 4.78 is 16.6. The molecule has 1 saturated heterocycles. The number of nitrogens with one attached hydrogen (secondary N) is 1. The molecule has 6 atom stereocenters. The van der Waals surface area contributed by atoms with E-state index < -0.39 is 55.2 Å². The average Bonchev–Trinajstić information content (AvgIpc) is 3.21. The number of aliphatic hydroxyl groups is 4. The van der Waals surface area contributed by atoms with Crippen molar-refractivity contribution in [1.29, 1.82) is 0 Å². The van der Waals surface area contributed by atoms with Gasteiger partial charge in [0.1, 0.15) is 36.7 Å². The highest BCUT2D eigenvalue weighted by atomic mass is 16.6. The van der Waals surface area contributed by atoms with Gasteiger partial charge in [0.05, 0.1) is 19.8 Å². The maximum absolute atomic E-state index is 13.2. The molecule has 334 valence electrons. The first-order valence-electron chi connectivity index (χ1n) is 23.5. The molecule has 0 aromatic heterocycles. The highest BCUT2D eigenvalue weighted by Gasteiger charge is 2.44. The van der Waals surface area contributed by atoms with Crippen LogP contribution in [0.2, 0.25) is 0 Å². The molecule has 1 aliphatic heterocycles. The number of carbonyl (C=O) groups excluding carboxylic acids is 2. The summed E-state index contributed by atoms with van der Waals surface area (Å²) in [5.41, 5.74) is 0. The van der Waals surface area contributed by atoms with Gasteiger partial charge in [0.2, 0.25) is 0 Å². The Bertz CT molecular complexity index is 990. The zero-order valence-electron chi connectivity index (χ0n) is 36.4. The van der Waals surface area contributed by atoms with E-state index in [0.29, 0.717) is 6.61 Å². The Morgan fingerprint density at radius 2 is 0.965 bits per heavy atom. The van der Waals surface area contributed by atoms with Crippen LogP contribution >= 0.6 is 0 Å². The fraction of sp³-hybridized carbons (Fsp3) is 0.872. The van der Waals surface area contributed by atoms with Crippen molar-refractivity contribution < 1.29 is 44.2 Å². The lowest BCUT2D eigenvalue weighted by Gasteiger charge is -2.41. The molecule has 1 unspecified atom stereocenters. The third-order valence-electron chi connectivity index (χ3n) is 11.0. The van der Waals surface area contributed by atoms with Gasteiger partial charge in [0.15, 0.2) is 0 Å². The lowest BCUT2D eigenvalue weighted by molar-refractivity contribution is -0.238. The van der Waals surface area contributed by atoms with E-state index in [4.69, 9.17) is 14.2 Å². The van der Waals surface area contributed by atoms with Gasteiger partial charge >= 0.3 is 11.9 Å². The number of ether oxygens (including phenoxy) is 3. The first-order valence-corrected chi connectivity index (χ1v) is 23.5. The minimum absolute atomic E-state index is 0.0352. The van der Waals surface area contributed by atoms with E-state index >= 15 is 0 Å². The molecule has 0 bridgehead atoms. The first kappa shape index (κ1) is 53.2. The molecule has 0 radical (unpaired) electrons. The zero-order valence-corrected chi connectivity index (χ0v) is 36.4. The SMILES string of the molecule is CCCCCCCC/C=C\CCCCCCCCOC(=O)CC[C@H](NC1O[C@H](CO)[C@@H](O)[C@H](O)[C@H]1O)C(=O)OCCCCCCCC/C=C\CCCCCCCC. The summed E-state index contributed by atoms with van der Waals surface area (Å²) in [7, 11) is 0. The molecule has 0 aromatic carbocycles. The molecule has 10 nitrogen and oxygen atoms in total. The zero-order chi connectivity index (χ0) is 41.6. The highest BCUT2D eigenvalue weighted by Crippen LogP contribution is 2.21. The van der Waals surface area contributed by atoms with E-state index in [1.54, 1.807) is 0 Å². The quantitative estimate of drug-likeness (QED) is 0.0230. The molecule has 0 aromatic rings. The number of hydrogen-bond donors (Lipinski definition) is 5. The molecule has 57 heavy (non-hydrogen) atoms. The van der Waals surface area contributed by atoms with E-state index in [1.807, 2.05) is 0 Å². The van der Waals surface area contributed by atoms with Crippen LogP contribution in [0, 0.1) is 0 Å². The first-order chi connectivity index (χ1) is 27.8. The van der Waals surface area contributed by atoms with Crippen LogP contribution in [0.3, 0.4) is 0 Å². The molecule has 10 heteroatoms. The standard InChI is InChI=1S/C47H87NO9/c1-3-5-7-9-11-13-15-17-19-21-23-25-27-29-31-33-37-55-42(50)36-35-40(48-46-45(53)44(52)43(51)41(39-49)57-46)47(54)56-38-34-32-30-28-26-24-22-20-18-16-14-12-10-8-6-4-2/h17-20,40-41,43-46,48-49,51-53H,3-16,21-39H2,1-2H3/b19-17-,20-18-/t40-,41+,43+,44-,45+,46?/m0/s1. The van der Waals surface area contributed by atoms with Crippen molar-refractivity contribution in [3.05, 3.63) is 24.3 Å². The van der Waals surface area contributed by atoms with Crippen LogP contribution in [0.5, 0.6) is 0 Å². The Morgan fingerprint density at radius 1 is 0.561 bits per heavy atom. The number of carbonyl (C=O) groups is 2. The minimum atomic E-state index is -1.59. The predicted molar refractivity (Wildman–Crippen MR) is 231 cm³/mol. The molecule has 1 fully saturated rings. The molecular formula is C47H87NO9. The maximum Gasteiger partial charge on any atom is 0.323 e. The summed E-state index contributed by atoms with van der Waals surface area (Å²) >= 11 is 0. The molecule has 0 saturated carbocycles. The van der Waals surface area contributed by atoms with Crippen LogP contribution in [-0.4, -0.2) is 88.9 Å². The van der Waals surface area contributed by atoms with E-state index in [-0.39, 0.29) is 19.4 Å². The van der Waals surface area contributed by atoms with Gasteiger partial charge in [-0.15, -0.1) is 0 Å². The topological polar surface area (TPSA) is 155 Å². The highest BCUT2D eigenvalue weighted by molar-refractivity contribution is 5.77. The number of unbranched alkanes of at least 4 members (excludes halogenated alkanes) is 24. The normalized spacial score (nSPS) is 20.4. The lowest BCUT2D eigenvalue weighted by Crippen LogP contribution is -2.64. The number of hydrogen-bond acceptors (Lipinski definition) is 10. The van der Waals surface area contributed by atoms with Gasteiger partial charge < -0.3 is 34.6 Å². The van der Waals surface area contributed by atoms with Gasteiger partial charge in [-0.25, -0.2) is 0 Å². The monoisotopic (exact) mass is 810 g/mol.